The normalized spacial score (nSPS) is 11.0. The molecule has 0 spiro atoms. The lowest BCUT2D eigenvalue weighted by molar-refractivity contribution is -0.144. The van der Waals surface area contributed by atoms with E-state index in [9.17, 15) is 4.79 Å². The van der Waals surface area contributed by atoms with Gasteiger partial charge < -0.3 is 4.74 Å². The fourth-order valence-electron chi connectivity index (χ4n) is 2.43. The molecule has 2 aromatic rings. The van der Waals surface area contributed by atoms with Crippen LogP contribution in [0.15, 0.2) is 30.3 Å². The van der Waals surface area contributed by atoms with Crippen LogP contribution in [-0.4, -0.2) is 40.8 Å². The molecule has 0 atom stereocenters. The number of carbonyl (C=O) groups is 1. The molecule has 1 heterocycles. The number of aromatic nitrogens is 2. The van der Waals surface area contributed by atoms with Gasteiger partial charge in [-0.05, 0) is 51.6 Å². The van der Waals surface area contributed by atoms with Crippen LogP contribution in [0.1, 0.15) is 23.9 Å². The Morgan fingerprint density at radius 1 is 1.27 bits per heavy atom. The van der Waals surface area contributed by atoms with E-state index in [1.807, 2.05) is 49.5 Å². The zero-order chi connectivity index (χ0) is 16.1. The molecule has 0 aliphatic heterocycles. The highest BCUT2D eigenvalue weighted by molar-refractivity contribution is 5.71. The molecule has 1 aromatic carbocycles. The first-order valence-electron chi connectivity index (χ1n) is 7.46. The molecular formula is C17H23N3O2. The van der Waals surface area contributed by atoms with Gasteiger partial charge in [-0.2, -0.15) is 5.10 Å². The van der Waals surface area contributed by atoms with Crippen LogP contribution in [0.2, 0.25) is 0 Å². The Hall–Kier alpha value is -2.14. The summed E-state index contributed by atoms with van der Waals surface area (Å²) in [6.45, 7) is 7.27. The Kier molecular flexibility index (Phi) is 5.33. The van der Waals surface area contributed by atoms with E-state index in [1.165, 1.54) is 0 Å². The molecule has 0 aliphatic carbocycles. The Balaban J connectivity index is 2.00. The van der Waals surface area contributed by atoms with Crippen LogP contribution in [0.3, 0.4) is 0 Å². The van der Waals surface area contributed by atoms with Crippen molar-refractivity contribution < 1.29 is 9.53 Å². The summed E-state index contributed by atoms with van der Waals surface area (Å²) in [6, 6.07) is 10.3. The molecule has 0 saturated carbocycles. The van der Waals surface area contributed by atoms with Crippen LogP contribution >= 0.6 is 0 Å². The molecule has 22 heavy (non-hydrogen) atoms. The second-order valence-electron chi connectivity index (χ2n) is 5.48. The number of benzene rings is 1. The van der Waals surface area contributed by atoms with Crippen molar-refractivity contribution in [2.24, 2.45) is 0 Å². The summed E-state index contributed by atoms with van der Waals surface area (Å²) >= 11 is 0. The Bertz CT molecular complexity index is 632. The number of rotatable bonds is 6. The number of aryl methyl sites for hydroxylation is 2. The summed E-state index contributed by atoms with van der Waals surface area (Å²) in [5, 5.41) is 4.48. The molecule has 0 amide bonds. The molecule has 0 unspecified atom stereocenters. The fourth-order valence-corrected chi connectivity index (χ4v) is 2.43. The first-order chi connectivity index (χ1) is 10.5. The number of esters is 1. The van der Waals surface area contributed by atoms with Crippen LogP contribution in [0.25, 0.3) is 5.69 Å². The molecule has 1 aromatic heterocycles. The maximum atomic E-state index is 11.4. The van der Waals surface area contributed by atoms with Crippen LogP contribution in [0.5, 0.6) is 0 Å². The van der Waals surface area contributed by atoms with Gasteiger partial charge >= 0.3 is 5.97 Å². The zero-order valence-corrected chi connectivity index (χ0v) is 13.7. The average Bonchev–Trinajstić information content (AvgIpc) is 2.78. The van der Waals surface area contributed by atoms with Gasteiger partial charge in [0, 0.05) is 12.2 Å². The number of ether oxygens (including phenoxy) is 1. The minimum Gasteiger partial charge on any atom is -0.465 e. The molecule has 0 aliphatic rings. The van der Waals surface area contributed by atoms with E-state index < -0.39 is 0 Å². The topological polar surface area (TPSA) is 47.4 Å². The number of hydrogen-bond donors (Lipinski definition) is 0. The molecule has 0 saturated heterocycles. The molecule has 0 fully saturated rings. The van der Waals surface area contributed by atoms with Crippen molar-refractivity contribution >= 4 is 5.97 Å². The van der Waals surface area contributed by atoms with E-state index in [1.54, 1.807) is 0 Å². The van der Waals surface area contributed by atoms with Gasteiger partial charge in [0.2, 0.25) is 0 Å². The van der Waals surface area contributed by atoms with Gasteiger partial charge in [-0.15, -0.1) is 0 Å². The summed E-state index contributed by atoms with van der Waals surface area (Å²) in [6.07, 6.45) is 0. The molecule has 0 bridgehead atoms. The van der Waals surface area contributed by atoms with Crippen molar-refractivity contribution in [3.05, 3.63) is 47.3 Å². The maximum absolute atomic E-state index is 11.4. The van der Waals surface area contributed by atoms with Gasteiger partial charge in [0.25, 0.3) is 0 Å². The standard InChI is InChI=1S/C17H23N3O2/c1-5-22-17(21)12-19(4)11-15-6-8-16(9-7-15)20-14(3)10-13(2)18-20/h6-10H,5,11-12H2,1-4H3. The molecule has 0 N–H and O–H groups in total. The second kappa shape index (κ2) is 7.22. The molecule has 2 rings (SSSR count). The Labute approximate surface area is 131 Å². The van der Waals surface area contributed by atoms with Gasteiger partial charge in [-0.25, -0.2) is 4.68 Å². The third kappa shape index (κ3) is 4.18. The second-order valence-corrected chi connectivity index (χ2v) is 5.48. The van der Waals surface area contributed by atoms with E-state index in [0.717, 1.165) is 22.6 Å². The average molecular weight is 301 g/mol. The minimum absolute atomic E-state index is 0.190. The van der Waals surface area contributed by atoms with Crippen LogP contribution in [-0.2, 0) is 16.1 Å². The predicted molar refractivity (Wildman–Crippen MR) is 86.0 cm³/mol. The van der Waals surface area contributed by atoms with Crippen LogP contribution < -0.4 is 0 Å². The van der Waals surface area contributed by atoms with Crippen LogP contribution in [0, 0.1) is 13.8 Å². The highest BCUT2D eigenvalue weighted by Gasteiger charge is 2.08. The van der Waals surface area contributed by atoms with E-state index >= 15 is 0 Å². The summed E-state index contributed by atoms with van der Waals surface area (Å²) in [5.74, 6) is -0.190. The highest BCUT2D eigenvalue weighted by atomic mass is 16.5. The minimum atomic E-state index is -0.190. The number of carbonyl (C=O) groups excluding carboxylic acids is 1. The molecular weight excluding hydrogens is 278 g/mol. The van der Waals surface area contributed by atoms with Crippen molar-refractivity contribution in [1.29, 1.82) is 0 Å². The molecule has 118 valence electrons. The molecule has 0 radical (unpaired) electrons. The lowest BCUT2D eigenvalue weighted by atomic mass is 10.2. The summed E-state index contributed by atoms with van der Waals surface area (Å²) < 4.78 is 6.88. The van der Waals surface area contributed by atoms with Crippen molar-refractivity contribution in [3.8, 4) is 5.69 Å². The van der Waals surface area contributed by atoms with Crippen molar-refractivity contribution in [2.75, 3.05) is 20.2 Å². The van der Waals surface area contributed by atoms with Gasteiger partial charge in [0.1, 0.15) is 0 Å². The summed E-state index contributed by atoms with van der Waals surface area (Å²) in [7, 11) is 1.91. The fraction of sp³-hybridized carbons (Fsp3) is 0.412. The number of hydrogen-bond acceptors (Lipinski definition) is 4. The Morgan fingerprint density at radius 3 is 2.50 bits per heavy atom. The third-order valence-electron chi connectivity index (χ3n) is 3.35. The van der Waals surface area contributed by atoms with Gasteiger partial charge in [-0.1, -0.05) is 12.1 Å². The Morgan fingerprint density at radius 2 is 1.95 bits per heavy atom. The van der Waals surface area contributed by atoms with Gasteiger partial charge in [0.15, 0.2) is 0 Å². The van der Waals surface area contributed by atoms with E-state index in [0.29, 0.717) is 19.7 Å². The third-order valence-corrected chi connectivity index (χ3v) is 3.35. The molecule has 5 nitrogen and oxygen atoms in total. The SMILES string of the molecule is CCOC(=O)CN(C)Cc1ccc(-n2nc(C)cc2C)cc1. The lowest BCUT2D eigenvalue weighted by Crippen LogP contribution is -2.27. The predicted octanol–water partition coefficient (Wildman–Crippen LogP) is 2.48. The zero-order valence-electron chi connectivity index (χ0n) is 13.7. The number of nitrogens with zero attached hydrogens (tertiary/aromatic N) is 3. The first-order valence-corrected chi connectivity index (χ1v) is 7.46. The van der Waals surface area contributed by atoms with Crippen molar-refractivity contribution in [2.45, 2.75) is 27.3 Å². The smallest absolute Gasteiger partial charge is 0.320 e. The summed E-state index contributed by atoms with van der Waals surface area (Å²) in [5.41, 5.74) is 4.32. The van der Waals surface area contributed by atoms with E-state index in [-0.39, 0.29) is 5.97 Å². The van der Waals surface area contributed by atoms with Crippen molar-refractivity contribution in [1.82, 2.24) is 14.7 Å². The largest absolute Gasteiger partial charge is 0.465 e. The highest BCUT2D eigenvalue weighted by Crippen LogP contribution is 2.13. The first kappa shape index (κ1) is 16.2. The van der Waals surface area contributed by atoms with Gasteiger partial charge in [-0.3, -0.25) is 9.69 Å². The molecule has 5 heteroatoms. The monoisotopic (exact) mass is 301 g/mol. The van der Waals surface area contributed by atoms with Crippen molar-refractivity contribution in [3.63, 3.8) is 0 Å². The quantitative estimate of drug-likeness (QED) is 0.769. The van der Waals surface area contributed by atoms with Crippen LogP contribution in [0.4, 0.5) is 0 Å². The number of likely N-dealkylation sites (N-methyl/N-ethyl adjacent to an activating group) is 1. The van der Waals surface area contributed by atoms with Gasteiger partial charge in [0.05, 0.1) is 24.5 Å². The van der Waals surface area contributed by atoms with E-state index in [2.05, 4.69) is 23.3 Å². The maximum Gasteiger partial charge on any atom is 0.320 e. The summed E-state index contributed by atoms with van der Waals surface area (Å²) in [4.78, 5) is 13.4. The lowest BCUT2D eigenvalue weighted by Gasteiger charge is -2.16. The van der Waals surface area contributed by atoms with E-state index in [4.69, 9.17) is 4.74 Å².